The highest BCUT2D eigenvalue weighted by molar-refractivity contribution is 7.61. The van der Waals surface area contributed by atoms with Gasteiger partial charge in [0.25, 0.3) is 5.56 Å². The number of aliphatic hydroxyl groups is 5. The molecule has 37 heavy (non-hydrogen) atoms. The summed E-state index contributed by atoms with van der Waals surface area (Å²) in [6, 6.07) is 0.924. The average molecular weight is 578 g/mol. The van der Waals surface area contributed by atoms with E-state index in [0.29, 0.717) is 0 Å². The van der Waals surface area contributed by atoms with Crippen LogP contribution in [0.15, 0.2) is 21.9 Å². The van der Waals surface area contributed by atoms with E-state index in [1.54, 1.807) is 0 Å². The van der Waals surface area contributed by atoms with Gasteiger partial charge in [0.1, 0.15) is 42.7 Å². The summed E-state index contributed by atoms with van der Waals surface area (Å²) in [6.45, 7) is -0.102. The molecule has 210 valence electrons. The van der Waals surface area contributed by atoms with Crippen molar-refractivity contribution in [1.82, 2.24) is 9.55 Å². The van der Waals surface area contributed by atoms with Crippen LogP contribution in [0.3, 0.4) is 0 Å². The lowest BCUT2D eigenvalue weighted by Crippen LogP contribution is -2.59. The molecule has 0 amide bonds. The number of carbonyl (C=O) groups is 1. The van der Waals surface area contributed by atoms with Gasteiger partial charge in [-0.3, -0.25) is 28.2 Å². The number of ketones is 1. The number of phosphoric ester groups is 2. The molecule has 7 unspecified atom stereocenters. The number of carbonyl (C=O) groups excluding carboxylic acids is 1. The van der Waals surface area contributed by atoms with Crippen molar-refractivity contribution < 1.29 is 72.1 Å². The van der Waals surface area contributed by atoms with Gasteiger partial charge in [0.15, 0.2) is 18.3 Å². The zero-order chi connectivity index (χ0) is 27.9. The second-order valence-corrected chi connectivity index (χ2v) is 11.0. The Hall–Kier alpha value is -1.67. The number of rotatable bonds is 9. The molecule has 0 aromatic carbocycles. The molecule has 1 aromatic heterocycles. The Labute approximate surface area is 205 Å². The van der Waals surface area contributed by atoms with Gasteiger partial charge in [-0.2, -0.15) is 4.31 Å². The molecule has 0 bridgehead atoms. The van der Waals surface area contributed by atoms with Gasteiger partial charge in [0, 0.05) is 12.3 Å². The summed E-state index contributed by atoms with van der Waals surface area (Å²) in [7, 11) is -11.2. The summed E-state index contributed by atoms with van der Waals surface area (Å²) in [6.07, 6.45) is -16.0. The SMILES string of the molecule is CC(=O)C1OC(OP(=O)(O)OP(=O)(O)OC[C@H]2O[C@@H](n3ccc(=O)[nH]c3=O)[C@H](O)[C@@H]2O)C(O)C(O)C1O. The van der Waals surface area contributed by atoms with E-state index >= 15 is 0 Å². The fourth-order valence-electron chi connectivity index (χ4n) is 3.47. The third kappa shape index (κ3) is 6.86. The maximum absolute atomic E-state index is 12.2. The lowest BCUT2D eigenvalue weighted by atomic mass is 9.97. The van der Waals surface area contributed by atoms with Crippen LogP contribution in [0, 0.1) is 0 Å². The minimum Gasteiger partial charge on any atom is -0.387 e. The number of nitrogens with zero attached hydrogens (tertiary/aromatic N) is 1. The predicted octanol–water partition coefficient (Wildman–Crippen LogP) is -4.20. The van der Waals surface area contributed by atoms with Crippen LogP contribution in [0.1, 0.15) is 13.2 Å². The average Bonchev–Trinajstić information content (AvgIpc) is 3.05. The molecule has 21 heteroatoms. The minimum absolute atomic E-state index is 0.717. The first-order chi connectivity index (χ1) is 17.0. The quantitative estimate of drug-likeness (QED) is 0.129. The molecule has 2 fully saturated rings. The number of Topliss-reactive ketones (excluding diaryl/α,β-unsaturated/α-hetero) is 1. The molecule has 2 saturated heterocycles. The van der Waals surface area contributed by atoms with Crippen molar-refractivity contribution >= 4 is 21.4 Å². The molecule has 0 radical (unpaired) electrons. The van der Waals surface area contributed by atoms with Gasteiger partial charge in [-0.15, -0.1) is 0 Å². The van der Waals surface area contributed by atoms with Crippen LogP contribution in [0.2, 0.25) is 0 Å². The van der Waals surface area contributed by atoms with E-state index in [9.17, 15) is 58.8 Å². The van der Waals surface area contributed by atoms with Crippen molar-refractivity contribution in [1.29, 1.82) is 0 Å². The van der Waals surface area contributed by atoms with E-state index in [1.165, 1.54) is 0 Å². The van der Waals surface area contributed by atoms with Gasteiger partial charge in [0.05, 0.1) is 6.61 Å². The van der Waals surface area contributed by atoms with Crippen molar-refractivity contribution in [3.8, 4) is 0 Å². The summed E-state index contributed by atoms with van der Waals surface area (Å²) >= 11 is 0. The lowest BCUT2D eigenvalue weighted by molar-refractivity contribution is -0.269. The molecule has 3 heterocycles. The van der Waals surface area contributed by atoms with E-state index in [0.717, 1.165) is 23.8 Å². The maximum atomic E-state index is 12.2. The summed E-state index contributed by atoms with van der Waals surface area (Å²) in [5, 5.41) is 49.7. The van der Waals surface area contributed by atoms with Gasteiger partial charge < -0.3 is 44.8 Å². The van der Waals surface area contributed by atoms with Gasteiger partial charge in [-0.1, -0.05) is 0 Å². The Kier molecular flexibility index (Phi) is 9.05. The largest absolute Gasteiger partial charge is 0.483 e. The lowest BCUT2D eigenvalue weighted by Gasteiger charge is -2.39. The minimum atomic E-state index is -5.64. The Balaban J connectivity index is 1.63. The number of nitrogens with one attached hydrogen (secondary N) is 1. The van der Waals surface area contributed by atoms with Crippen LogP contribution in [-0.4, -0.2) is 106 Å². The van der Waals surface area contributed by atoms with Crippen molar-refractivity contribution in [3.63, 3.8) is 0 Å². The van der Waals surface area contributed by atoms with E-state index in [2.05, 4.69) is 13.4 Å². The summed E-state index contributed by atoms with van der Waals surface area (Å²) in [5.41, 5.74) is -1.76. The highest BCUT2D eigenvalue weighted by Crippen LogP contribution is 2.61. The Bertz CT molecular complexity index is 1200. The summed E-state index contributed by atoms with van der Waals surface area (Å²) in [5.74, 6) is -0.850. The van der Waals surface area contributed by atoms with Crippen LogP contribution >= 0.6 is 15.6 Å². The fraction of sp³-hybridized carbons (Fsp3) is 0.688. The number of hydrogen-bond acceptors (Lipinski definition) is 15. The second-order valence-electron chi connectivity index (χ2n) is 7.99. The van der Waals surface area contributed by atoms with Crippen LogP contribution < -0.4 is 11.2 Å². The third-order valence-electron chi connectivity index (χ3n) is 5.28. The van der Waals surface area contributed by atoms with Gasteiger partial charge in [0.2, 0.25) is 0 Å². The van der Waals surface area contributed by atoms with E-state index in [1.807, 2.05) is 4.98 Å². The molecule has 0 saturated carbocycles. The van der Waals surface area contributed by atoms with Crippen molar-refractivity contribution in [2.45, 2.75) is 62.2 Å². The summed E-state index contributed by atoms with van der Waals surface area (Å²) < 4.78 is 48.2. The molecular formula is C16H24N2O17P2. The van der Waals surface area contributed by atoms with Crippen LogP contribution in [0.25, 0.3) is 0 Å². The number of aliphatic hydroxyl groups excluding tert-OH is 5. The number of aromatic amines is 1. The number of H-pyrrole nitrogens is 1. The number of ether oxygens (including phenoxy) is 2. The van der Waals surface area contributed by atoms with Crippen LogP contribution in [0.4, 0.5) is 0 Å². The Morgan fingerprint density at radius 3 is 2.24 bits per heavy atom. The molecule has 0 aliphatic carbocycles. The first kappa shape index (κ1) is 29.9. The van der Waals surface area contributed by atoms with Crippen molar-refractivity contribution in [3.05, 3.63) is 33.1 Å². The molecule has 0 spiro atoms. The number of aromatic nitrogens is 2. The zero-order valence-electron chi connectivity index (χ0n) is 18.6. The van der Waals surface area contributed by atoms with Crippen LogP contribution in [-0.2, 0) is 36.8 Å². The highest BCUT2D eigenvalue weighted by atomic mass is 31.3. The van der Waals surface area contributed by atoms with Crippen LogP contribution in [0.5, 0.6) is 0 Å². The number of phosphoric acid groups is 2. The maximum Gasteiger partial charge on any atom is 0.483 e. The monoisotopic (exact) mass is 578 g/mol. The molecule has 8 N–H and O–H groups in total. The topological polar surface area (TPSA) is 294 Å². The van der Waals surface area contributed by atoms with Gasteiger partial charge in [-0.25, -0.2) is 13.9 Å². The summed E-state index contributed by atoms with van der Waals surface area (Å²) in [4.78, 5) is 56.1. The smallest absolute Gasteiger partial charge is 0.387 e. The molecule has 1 aromatic rings. The molecule has 19 nitrogen and oxygen atoms in total. The second kappa shape index (κ2) is 11.2. The number of hydrogen-bond donors (Lipinski definition) is 8. The van der Waals surface area contributed by atoms with E-state index in [-0.39, 0.29) is 0 Å². The molecule has 2 aliphatic heterocycles. The first-order valence-corrected chi connectivity index (χ1v) is 13.2. The normalized spacial score (nSPS) is 37.6. The standard InChI is InChI=1S/C16H24N2O17P2/c1-5(19)13-10(23)9(22)12(25)15(33-13)34-37(29,30)35-36(27,28)31-4-6-8(21)11(24)14(32-6)18-3-2-7(20)17-16(18)26/h2-3,6,8-15,21-25H,4H2,1H3,(H,27,28)(H,29,30)(H,17,20,26)/t6-,8-,9?,10?,11-,12?,13?,14-,15?/m1/s1. The Morgan fingerprint density at radius 2 is 1.65 bits per heavy atom. The Morgan fingerprint density at radius 1 is 1.00 bits per heavy atom. The van der Waals surface area contributed by atoms with E-state index < -0.39 is 94.5 Å². The zero-order valence-corrected chi connectivity index (χ0v) is 20.4. The highest BCUT2D eigenvalue weighted by Gasteiger charge is 2.50. The molecule has 3 rings (SSSR count). The van der Waals surface area contributed by atoms with Crippen molar-refractivity contribution in [2.75, 3.05) is 6.61 Å². The molecule has 11 atom stereocenters. The molecule has 2 aliphatic rings. The molecular weight excluding hydrogens is 554 g/mol. The predicted molar refractivity (Wildman–Crippen MR) is 112 cm³/mol. The van der Waals surface area contributed by atoms with Gasteiger partial charge in [-0.05, 0) is 6.92 Å². The van der Waals surface area contributed by atoms with E-state index in [4.69, 9.17) is 9.47 Å². The van der Waals surface area contributed by atoms with Gasteiger partial charge >= 0.3 is 21.3 Å². The van der Waals surface area contributed by atoms with Crippen molar-refractivity contribution in [2.24, 2.45) is 0 Å². The fourth-order valence-corrected chi connectivity index (χ4v) is 5.63. The third-order valence-corrected chi connectivity index (χ3v) is 7.88. The first-order valence-electron chi connectivity index (χ1n) is 10.3.